The Morgan fingerprint density at radius 1 is 0.957 bits per heavy atom. The molecule has 0 fully saturated rings. The van der Waals surface area contributed by atoms with Crippen LogP contribution >= 0.6 is 0 Å². The molecule has 1 rings (SSSR count). The van der Waals surface area contributed by atoms with E-state index in [0.717, 1.165) is 12.8 Å². The number of hydrogen-bond acceptors (Lipinski definition) is 3. The second-order valence-electron chi connectivity index (χ2n) is 6.18. The molecule has 0 spiro atoms. The molecule has 0 aromatic carbocycles. The minimum absolute atomic E-state index is 0.193. The molecule has 130 valence electrons. The highest BCUT2D eigenvalue weighted by Gasteiger charge is 2.09. The van der Waals surface area contributed by atoms with Crippen LogP contribution in [-0.4, -0.2) is 17.7 Å². The highest BCUT2D eigenvalue weighted by atomic mass is 16.5. The van der Waals surface area contributed by atoms with Crippen molar-refractivity contribution in [1.82, 2.24) is 0 Å². The Bertz CT molecular complexity index is 419. The first-order valence-electron chi connectivity index (χ1n) is 9.18. The van der Waals surface area contributed by atoms with Crippen molar-refractivity contribution in [2.75, 3.05) is 6.61 Å². The van der Waals surface area contributed by atoms with E-state index in [2.05, 4.69) is 6.92 Å². The molecule has 0 aromatic heterocycles. The molecule has 0 unspecified atom stereocenters. The minimum atomic E-state index is -0.291. The van der Waals surface area contributed by atoms with Gasteiger partial charge in [-0.2, -0.15) is 0 Å². The van der Waals surface area contributed by atoms with Gasteiger partial charge in [-0.15, -0.1) is 0 Å². The van der Waals surface area contributed by atoms with Crippen LogP contribution in [0.4, 0.5) is 0 Å². The van der Waals surface area contributed by atoms with Gasteiger partial charge < -0.3 is 9.84 Å². The van der Waals surface area contributed by atoms with E-state index in [9.17, 15) is 9.90 Å². The normalized spacial score (nSPS) is 14.1. The number of aliphatic hydroxyl groups is 1. The Balaban J connectivity index is 1.96. The molecule has 0 radical (unpaired) electrons. The molecular formula is C20H32O3. The van der Waals surface area contributed by atoms with Crippen LogP contribution in [0.1, 0.15) is 77.6 Å². The maximum Gasteiger partial charge on any atom is 0.337 e. The third kappa shape index (κ3) is 9.98. The van der Waals surface area contributed by atoms with Gasteiger partial charge in [0.15, 0.2) is 0 Å². The summed E-state index contributed by atoms with van der Waals surface area (Å²) in [5.74, 6) is -0.0981. The van der Waals surface area contributed by atoms with Crippen LogP contribution in [0, 0.1) is 0 Å². The Hall–Kier alpha value is -1.51. The molecule has 0 saturated carbocycles. The van der Waals surface area contributed by atoms with E-state index in [1.165, 1.54) is 57.4 Å². The fraction of sp³-hybridized carbons (Fsp3) is 0.650. The zero-order chi connectivity index (χ0) is 16.8. The number of esters is 1. The standard InChI is InChI=1S/C20H32O3/c1-2-3-4-5-6-7-8-9-10-11-17-23-20(22)18-13-12-14-19(21)16-15-18/h13-16,21H,2-12,17H2,1H3. The number of unbranched alkanes of at least 4 members (excludes halogenated alkanes) is 9. The van der Waals surface area contributed by atoms with Gasteiger partial charge in [0, 0.05) is 0 Å². The summed E-state index contributed by atoms with van der Waals surface area (Å²) in [6.45, 7) is 2.73. The second-order valence-corrected chi connectivity index (χ2v) is 6.18. The second kappa shape index (κ2) is 13.0. The van der Waals surface area contributed by atoms with E-state index in [4.69, 9.17) is 4.74 Å². The first-order valence-corrected chi connectivity index (χ1v) is 9.18. The van der Waals surface area contributed by atoms with Crippen LogP contribution in [0.25, 0.3) is 0 Å². The molecule has 1 aliphatic carbocycles. The fourth-order valence-electron chi connectivity index (χ4n) is 2.61. The molecule has 23 heavy (non-hydrogen) atoms. The maximum absolute atomic E-state index is 11.9. The maximum atomic E-state index is 11.9. The lowest BCUT2D eigenvalue weighted by Gasteiger charge is -2.05. The Kier molecular flexibility index (Phi) is 11.0. The number of carbonyl (C=O) groups is 1. The summed E-state index contributed by atoms with van der Waals surface area (Å²) in [7, 11) is 0. The zero-order valence-corrected chi connectivity index (χ0v) is 14.6. The number of carbonyl (C=O) groups excluding carboxylic acids is 1. The molecular weight excluding hydrogens is 288 g/mol. The molecule has 3 heteroatoms. The monoisotopic (exact) mass is 320 g/mol. The van der Waals surface area contributed by atoms with Crippen molar-refractivity contribution >= 4 is 5.97 Å². The Morgan fingerprint density at radius 3 is 2.22 bits per heavy atom. The Labute approximate surface area is 141 Å². The van der Waals surface area contributed by atoms with Crippen LogP contribution in [0.3, 0.4) is 0 Å². The summed E-state index contributed by atoms with van der Waals surface area (Å²) in [5.41, 5.74) is 0.525. The predicted octanol–water partition coefficient (Wildman–Crippen LogP) is 5.78. The van der Waals surface area contributed by atoms with Gasteiger partial charge in [0.1, 0.15) is 5.76 Å². The third-order valence-corrected chi connectivity index (χ3v) is 4.07. The zero-order valence-electron chi connectivity index (χ0n) is 14.6. The van der Waals surface area contributed by atoms with Crippen molar-refractivity contribution in [2.24, 2.45) is 0 Å². The van der Waals surface area contributed by atoms with Gasteiger partial charge in [-0.05, 0) is 31.1 Å². The molecule has 0 atom stereocenters. The summed E-state index contributed by atoms with van der Waals surface area (Å²) in [6, 6.07) is 0. The van der Waals surface area contributed by atoms with E-state index >= 15 is 0 Å². The van der Waals surface area contributed by atoms with Gasteiger partial charge in [0.25, 0.3) is 0 Å². The van der Waals surface area contributed by atoms with Gasteiger partial charge in [-0.1, -0.05) is 70.8 Å². The molecule has 0 aliphatic heterocycles. The highest BCUT2D eigenvalue weighted by Crippen LogP contribution is 2.12. The van der Waals surface area contributed by atoms with Crippen molar-refractivity contribution in [2.45, 2.75) is 77.6 Å². The van der Waals surface area contributed by atoms with Crippen LogP contribution in [-0.2, 0) is 9.53 Å². The molecule has 3 nitrogen and oxygen atoms in total. The van der Waals surface area contributed by atoms with Crippen molar-refractivity contribution < 1.29 is 14.6 Å². The number of aliphatic hydroxyl groups excluding tert-OH is 1. The first kappa shape index (κ1) is 19.5. The largest absolute Gasteiger partial charge is 0.508 e. The summed E-state index contributed by atoms with van der Waals surface area (Å²) < 4.78 is 5.28. The molecule has 1 aliphatic rings. The van der Waals surface area contributed by atoms with Crippen LogP contribution in [0.15, 0.2) is 35.6 Å². The average molecular weight is 320 g/mol. The van der Waals surface area contributed by atoms with E-state index < -0.39 is 0 Å². The fourth-order valence-corrected chi connectivity index (χ4v) is 2.61. The van der Waals surface area contributed by atoms with Gasteiger partial charge in [0.2, 0.25) is 0 Å². The summed E-state index contributed by atoms with van der Waals surface area (Å²) in [4.78, 5) is 11.9. The number of rotatable bonds is 12. The summed E-state index contributed by atoms with van der Waals surface area (Å²) in [5, 5.41) is 9.35. The Morgan fingerprint density at radius 2 is 1.57 bits per heavy atom. The molecule has 0 aromatic rings. The molecule has 0 bridgehead atoms. The van der Waals surface area contributed by atoms with Crippen LogP contribution in [0.2, 0.25) is 0 Å². The molecule has 0 amide bonds. The van der Waals surface area contributed by atoms with Gasteiger partial charge in [0.05, 0.1) is 12.2 Å². The van der Waals surface area contributed by atoms with E-state index in [-0.39, 0.29) is 11.7 Å². The van der Waals surface area contributed by atoms with Gasteiger partial charge >= 0.3 is 5.97 Å². The predicted molar refractivity (Wildman–Crippen MR) is 95.4 cm³/mol. The van der Waals surface area contributed by atoms with Crippen molar-refractivity contribution in [3.63, 3.8) is 0 Å². The molecule has 1 N–H and O–H groups in total. The van der Waals surface area contributed by atoms with E-state index in [0.29, 0.717) is 18.6 Å². The van der Waals surface area contributed by atoms with Crippen LogP contribution in [0.5, 0.6) is 0 Å². The lowest BCUT2D eigenvalue weighted by molar-refractivity contribution is -0.138. The average Bonchev–Trinajstić information content (AvgIpc) is 2.77. The molecule has 0 heterocycles. The van der Waals surface area contributed by atoms with Crippen molar-refractivity contribution in [1.29, 1.82) is 0 Å². The minimum Gasteiger partial charge on any atom is -0.508 e. The quantitative estimate of drug-likeness (QED) is 0.366. The van der Waals surface area contributed by atoms with Crippen molar-refractivity contribution in [3.05, 3.63) is 35.6 Å². The van der Waals surface area contributed by atoms with E-state index in [1.54, 1.807) is 18.2 Å². The summed E-state index contributed by atoms with van der Waals surface area (Å²) in [6.07, 6.45) is 19.8. The SMILES string of the molecule is CCCCCCCCCCCCOC(=O)C1=CCC=C(O)C=C1. The van der Waals surface area contributed by atoms with Crippen LogP contribution < -0.4 is 0 Å². The van der Waals surface area contributed by atoms with Crippen molar-refractivity contribution in [3.8, 4) is 0 Å². The lowest BCUT2D eigenvalue weighted by Crippen LogP contribution is -2.07. The summed E-state index contributed by atoms with van der Waals surface area (Å²) >= 11 is 0. The highest BCUT2D eigenvalue weighted by molar-refractivity contribution is 5.91. The van der Waals surface area contributed by atoms with Gasteiger partial charge in [-0.3, -0.25) is 0 Å². The number of ether oxygens (including phenoxy) is 1. The smallest absolute Gasteiger partial charge is 0.337 e. The first-order chi connectivity index (χ1) is 11.2. The molecule has 0 saturated heterocycles. The third-order valence-electron chi connectivity index (χ3n) is 4.07. The lowest BCUT2D eigenvalue weighted by atomic mass is 10.1. The number of allylic oxidation sites excluding steroid dienone is 3. The van der Waals surface area contributed by atoms with E-state index in [1.807, 2.05) is 0 Å². The van der Waals surface area contributed by atoms with Gasteiger partial charge in [-0.25, -0.2) is 4.79 Å². The topological polar surface area (TPSA) is 46.5 Å². The number of hydrogen-bond donors (Lipinski definition) is 1.